The average molecular weight is 226 g/mol. The van der Waals surface area contributed by atoms with Crippen molar-refractivity contribution in [2.45, 2.75) is 6.42 Å². The van der Waals surface area contributed by atoms with E-state index in [0.29, 0.717) is 19.5 Å². The van der Waals surface area contributed by atoms with Gasteiger partial charge in [-0.3, -0.25) is 4.79 Å². The van der Waals surface area contributed by atoms with E-state index in [2.05, 4.69) is 5.32 Å². The monoisotopic (exact) mass is 226 g/mol. The second-order valence-corrected chi connectivity index (χ2v) is 3.25. The van der Waals surface area contributed by atoms with Crippen molar-refractivity contribution in [3.63, 3.8) is 0 Å². The van der Waals surface area contributed by atoms with Crippen LogP contribution in [0.2, 0.25) is 0 Å². The molecule has 0 aliphatic heterocycles. The number of ether oxygens (including phenoxy) is 1. The molecule has 16 heavy (non-hydrogen) atoms. The standard InChI is InChI=1S/C11H15FN2O2/c1-16-10-4-3-8(7-9(10)12)11(15)14-6-2-5-13/h3-4,7H,2,5-6,13H2,1H3,(H,14,15). The maximum absolute atomic E-state index is 13.3. The number of benzene rings is 1. The molecule has 0 bridgehead atoms. The Morgan fingerprint density at radius 2 is 2.31 bits per heavy atom. The number of amides is 1. The lowest BCUT2D eigenvalue weighted by atomic mass is 10.2. The smallest absolute Gasteiger partial charge is 0.251 e. The van der Waals surface area contributed by atoms with Gasteiger partial charge in [-0.2, -0.15) is 0 Å². The quantitative estimate of drug-likeness (QED) is 0.733. The minimum absolute atomic E-state index is 0.124. The number of hydrogen-bond donors (Lipinski definition) is 2. The van der Waals surface area contributed by atoms with Crippen LogP contribution in [-0.4, -0.2) is 26.1 Å². The summed E-state index contributed by atoms with van der Waals surface area (Å²) in [5.41, 5.74) is 5.56. The van der Waals surface area contributed by atoms with Crippen molar-refractivity contribution in [2.75, 3.05) is 20.2 Å². The Morgan fingerprint density at radius 1 is 1.56 bits per heavy atom. The fraction of sp³-hybridized carbons (Fsp3) is 0.364. The first kappa shape index (κ1) is 12.4. The molecule has 5 heteroatoms. The van der Waals surface area contributed by atoms with Crippen molar-refractivity contribution < 1.29 is 13.9 Å². The molecule has 1 aromatic carbocycles. The van der Waals surface area contributed by atoms with Gasteiger partial charge in [-0.05, 0) is 31.2 Å². The third kappa shape index (κ3) is 3.20. The second kappa shape index (κ2) is 6.07. The number of nitrogens with two attached hydrogens (primary N) is 1. The van der Waals surface area contributed by atoms with Gasteiger partial charge in [-0.25, -0.2) is 4.39 Å². The molecule has 0 radical (unpaired) electrons. The summed E-state index contributed by atoms with van der Waals surface area (Å²) in [5, 5.41) is 2.64. The number of hydrogen-bond acceptors (Lipinski definition) is 3. The van der Waals surface area contributed by atoms with Crippen LogP contribution in [0.5, 0.6) is 5.75 Å². The summed E-state index contributed by atoms with van der Waals surface area (Å²) in [6.45, 7) is 1.00. The average Bonchev–Trinajstić information content (AvgIpc) is 2.29. The molecule has 0 unspecified atom stereocenters. The maximum Gasteiger partial charge on any atom is 0.251 e. The summed E-state index contributed by atoms with van der Waals surface area (Å²) in [4.78, 5) is 11.5. The van der Waals surface area contributed by atoms with E-state index < -0.39 is 5.82 Å². The molecule has 0 fully saturated rings. The highest BCUT2D eigenvalue weighted by molar-refractivity contribution is 5.94. The molecule has 1 aromatic rings. The first-order valence-electron chi connectivity index (χ1n) is 5.01. The summed E-state index contributed by atoms with van der Waals surface area (Å²) < 4.78 is 18.0. The third-order valence-electron chi connectivity index (χ3n) is 2.08. The first-order chi connectivity index (χ1) is 7.69. The van der Waals surface area contributed by atoms with Gasteiger partial charge in [-0.15, -0.1) is 0 Å². The van der Waals surface area contributed by atoms with Crippen LogP contribution in [0.3, 0.4) is 0 Å². The SMILES string of the molecule is COc1ccc(C(=O)NCCCN)cc1F. The van der Waals surface area contributed by atoms with E-state index in [0.717, 1.165) is 6.07 Å². The van der Waals surface area contributed by atoms with Crippen LogP contribution in [-0.2, 0) is 0 Å². The Hall–Kier alpha value is -1.62. The lowest BCUT2D eigenvalue weighted by Crippen LogP contribution is -2.26. The van der Waals surface area contributed by atoms with Gasteiger partial charge in [0.1, 0.15) is 0 Å². The van der Waals surface area contributed by atoms with Crippen molar-refractivity contribution in [3.8, 4) is 5.75 Å². The van der Waals surface area contributed by atoms with Crippen LogP contribution >= 0.6 is 0 Å². The summed E-state index contributed by atoms with van der Waals surface area (Å²) in [6.07, 6.45) is 0.699. The van der Waals surface area contributed by atoms with Crippen molar-refractivity contribution in [3.05, 3.63) is 29.6 Å². The fourth-order valence-corrected chi connectivity index (χ4v) is 1.21. The Morgan fingerprint density at radius 3 is 2.88 bits per heavy atom. The third-order valence-corrected chi connectivity index (χ3v) is 2.08. The highest BCUT2D eigenvalue weighted by Crippen LogP contribution is 2.17. The first-order valence-corrected chi connectivity index (χ1v) is 5.01. The Labute approximate surface area is 93.6 Å². The van der Waals surface area contributed by atoms with E-state index in [1.54, 1.807) is 0 Å². The predicted octanol–water partition coefficient (Wildman–Crippen LogP) is 0.913. The lowest BCUT2D eigenvalue weighted by molar-refractivity contribution is 0.0953. The fourth-order valence-electron chi connectivity index (χ4n) is 1.21. The van der Waals surface area contributed by atoms with Gasteiger partial charge < -0.3 is 15.8 Å². The van der Waals surface area contributed by atoms with E-state index in [1.165, 1.54) is 19.2 Å². The molecule has 0 saturated heterocycles. The Bertz CT molecular complexity index is 369. The maximum atomic E-state index is 13.3. The summed E-state index contributed by atoms with van der Waals surface area (Å²) in [6, 6.07) is 4.09. The molecule has 88 valence electrons. The van der Waals surface area contributed by atoms with Crippen molar-refractivity contribution >= 4 is 5.91 Å². The van der Waals surface area contributed by atoms with Crippen molar-refractivity contribution in [1.29, 1.82) is 0 Å². The molecule has 0 aliphatic rings. The van der Waals surface area contributed by atoms with Crippen LogP contribution in [0.25, 0.3) is 0 Å². The highest BCUT2D eigenvalue weighted by Gasteiger charge is 2.09. The Kier molecular flexibility index (Phi) is 4.72. The zero-order valence-corrected chi connectivity index (χ0v) is 9.13. The van der Waals surface area contributed by atoms with Crippen LogP contribution in [0.4, 0.5) is 4.39 Å². The topological polar surface area (TPSA) is 64.3 Å². The zero-order valence-electron chi connectivity index (χ0n) is 9.13. The van der Waals surface area contributed by atoms with Crippen molar-refractivity contribution in [1.82, 2.24) is 5.32 Å². The number of carbonyl (C=O) groups excluding carboxylic acids is 1. The van der Waals surface area contributed by atoms with Crippen LogP contribution < -0.4 is 15.8 Å². The number of nitrogens with one attached hydrogen (secondary N) is 1. The van der Waals surface area contributed by atoms with Gasteiger partial charge in [0.2, 0.25) is 0 Å². The number of methoxy groups -OCH3 is 1. The van der Waals surface area contributed by atoms with E-state index >= 15 is 0 Å². The molecule has 1 amide bonds. The van der Waals surface area contributed by atoms with Crippen LogP contribution in [0.1, 0.15) is 16.8 Å². The lowest BCUT2D eigenvalue weighted by Gasteiger charge is -2.06. The molecule has 0 aliphatic carbocycles. The van der Waals surface area contributed by atoms with Gasteiger partial charge in [-0.1, -0.05) is 0 Å². The summed E-state index contributed by atoms with van der Waals surface area (Å²) in [5.74, 6) is -0.734. The number of carbonyl (C=O) groups is 1. The molecule has 3 N–H and O–H groups in total. The molecule has 4 nitrogen and oxygen atoms in total. The molecule has 0 aromatic heterocycles. The summed E-state index contributed by atoms with van der Waals surface area (Å²) >= 11 is 0. The zero-order chi connectivity index (χ0) is 12.0. The summed E-state index contributed by atoms with van der Waals surface area (Å²) in [7, 11) is 1.37. The van der Waals surface area contributed by atoms with E-state index in [1.807, 2.05) is 0 Å². The van der Waals surface area contributed by atoms with Gasteiger partial charge >= 0.3 is 0 Å². The molecule has 0 heterocycles. The molecule has 1 rings (SSSR count). The van der Waals surface area contributed by atoms with Gasteiger partial charge in [0.25, 0.3) is 5.91 Å². The highest BCUT2D eigenvalue weighted by atomic mass is 19.1. The minimum Gasteiger partial charge on any atom is -0.494 e. The van der Waals surface area contributed by atoms with E-state index in [4.69, 9.17) is 10.5 Å². The van der Waals surface area contributed by atoms with Gasteiger partial charge in [0.05, 0.1) is 7.11 Å². The minimum atomic E-state index is -0.547. The second-order valence-electron chi connectivity index (χ2n) is 3.25. The Balaban J connectivity index is 2.66. The van der Waals surface area contributed by atoms with Gasteiger partial charge in [0, 0.05) is 12.1 Å². The molecule has 0 spiro atoms. The predicted molar refractivity (Wildman–Crippen MR) is 59.0 cm³/mol. The number of halogens is 1. The van der Waals surface area contributed by atoms with E-state index in [-0.39, 0.29) is 17.2 Å². The number of rotatable bonds is 5. The van der Waals surface area contributed by atoms with Crippen molar-refractivity contribution in [2.24, 2.45) is 5.73 Å². The van der Waals surface area contributed by atoms with Crippen LogP contribution in [0, 0.1) is 5.82 Å². The molecule has 0 saturated carbocycles. The van der Waals surface area contributed by atoms with Gasteiger partial charge in [0.15, 0.2) is 11.6 Å². The largest absolute Gasteiger partial charge is 0.494 e. The van der Waals surface area contributed by atoms with Crippen LogP contribution in [0.15, 0.2) is 18.2 Å². The molecular formula is C11H15FN2O2. The molecule has 0 atom stereocenters. The normalized spacial score (nSPS) is 9.94. The van der Waals surface area contributed by atoms with E-state index in [9.17, 15) is 9.18 Å². The molecular weight excluding hydrogens is 211 g/mol.